The van der Waals surface area contributed by atoms with Crippen LogP contribution in [0.2, 0.25) is 0 Å². The average Bonchev–Trinajstić information content (AvgIpc) is 0.835. The van der Waals surface area contributed by atoms with E-state index in [0.29, 0.717) is 5.56 Å². The summed E-state index contributed by atoms with van der Waals surface area (Å²) < 4.78 is 11.4. The van der Waals surface area contributed by atoms with Gasteiger partial charge < -0.3 is 105 Å². The second-order valence-electron chi connectivity index (χ2n) is 26.7. The van der Waals surface area contributed by atoms with Gasteiger partial charge in [0.1, 0.15) is 60.0 Å². The molecular formula is C66H103N15O19. The van der Waals surface area contributed by atoms with E-state index in [0.717, 1.165) is 6.92 Å². The molecule has 21 N–H and O–H groups in total. The van der Waals surface area contributed by atoms with Gasteiger partial charge in [0.15, 0.2) is 24.2 Å². The summed E-state index contributed by atoms with van der Waals surface area (Å²) in [7, 11) is 0. The first-order valence-electron chi connectivity index (χ1n) is 33.1. The summed E-state index contributed by atoms with van der Waals surface area (Å²) >= 11 is 0. The van der Waals surface area contributed by atoms with Crippen LogP contribution in [0.1, 0.15) is 132 Å². The molecular weight excluding hydrogens is 1310 g/mol. The molecule has 12 amide bonds. The van der Waals surface area contributed by atoms with E-state index in [1.54, 1.807) is 92.6 Å². The Morgan fingerprint density at radius 2 is 1.20 bits per heavy atom. The van der Waals surface area contributed by atoms with Gasteiger partial charge in [-0.3, -0.25) is 58.1 Å². The highest BCUT2D eigenvalue weighted by Crippen LogP contribution is 2.25. The van der Waals surface area contributed by atoms with Crippen LogP contribution < -0.4 is 75.3 Å². The number of nitrogens with one attached hydrogen (secondary N) is 13. The Bertz CT molecular complexity index is 3130. The molecule has 3 rings (SSSR count). The maximum atomic E-state index is 15.7. The molecule has 0 aromatic heterocycles. The van der Waals surface area contributed by atoms with Crippen molar-refractivity contribution in [2.45, 2.75) is 212 Å². The molecule has 2 aromatic carbocycles. The molecule has 34 nitrogen and oxygen atoms in total. The molecule has 1 aliphatic heterocycles. The molecule has 0 radical (unpaired) electrons. The Kier molecular flexibility index (Phi) is 34.3. The number of hydrogen-bond acceptors (Lipinski definition) is 20. The summed E-state index contributed by atoms with van der Waals surface area (Å²) in [6.45, 7) is 16.5. The number of hydrogen-bond donors (Lipinski definition) is 19. The zero-order valence-electron chi connectivity index (χ0n) is 58.6. The molecule has 1 heterocycles. The van der Waals surface area contributed by atoms with Crippen molar-refractivity contribution in [2.24, 2.45) is 35.1 Å². The first-order chi connectivity index (χ1) is 46.8. The van der Waals surface area contributed by atoms with Gasteiger partial charge in [-0.2, -0.15) is 0 Å². The number of alkyl carbamates (subject to hydrolysis) is 1. The number of cyclic esters (lactones) is 1. The van der Waals surface area contributed by atoms with Crippen molar-refractivity contribution >= 4 is 83.0 Å². The van der Waals surface area contributed by atoms with E-state index in [9.17, 15) is 68.4 Å². The van der Waals surface area contributed by atoms with Crippen LogP contribution in [0.4, 0.5) is 4.79 Å². The molecule has 0 saturated carbocycles. The zero-order valence-corrected chi connectivity index (χ0v) is 58.6. The smallest absolute Gasteiger partial charge is 0.408 e. The fourth-order valence-electron chi connectivity index (χ4n) is 10.2. The van der Waals surface area contributed by atoms with Crippen molar-refractivity contribution < 1.29 is 92.2 Å². The van der Waals surface area contributed by atoms with Crippen molar-refractivity contribution in [3.8, 4) is 0 Å². The highest BCUT2D eigenvalue weighted by Gasteiger charge is 2.44. The number of carbonyl (C=O) groups excluding carboxylic acids is 13. The van der Waals surface area contributed by atoms with Gasteiger partial charge in [-0.1, -0.05) is 122 Å². The Morgan fingerprint density at radius 1 is 0.650 bits per heavy atom. The van der Waals surface area contributed by atoms with E-state index in [2.05, 4.69) is 53.2 Å². The minimum atomic E-state index is -2.61. The third-order valence-electron chi connectivity index (χ3n) is 15.7. The molecule has 1 saturated heterocycles. The fraction of sp³-hybridized carbons (Fsp3) is 0.606. The van der Waals surface area contributed by atoms with Gasteiger partial charge in [-0.05, 0) is 88.2 Å². The summed E-state index contributed by atoms with van der Waals surface area (Å²) in [6.07, 6.45) is -9.74. The van der Waals surface area contributed by atoms with Crippen molar-refractivity contribution in [2.75, 3.05) is 19.7 Å². The Balaban J connectivity index is 2.47. The van der Waals surface area contributed by atoms with E-state index in [-0.39, 0.29) is 56.6 Å². The third-order valence-corrected chi connectivity index (χ3v) is 15.7. The molecule has 0 spiro atoms. The van der Waals surface area contributed by atoms with Gasteiger partial charge in [-0.25, -0.2) is 9.59 Å². The number of esters is 1. The summed E-state index contributed by atoms with van der Waals surface area (Å²) in [5, 5.41) is 81.4. The van der Waals surface area contributed by atoms with Gasteiger partial charge in [0, 0.05) is 13.0 Å². The van der Waals surface area contributed by atoms with E-state index >= 15 is 14.4 Å². The van der Waals surface area contributed by atoms with Crippen LogP contribution in [0.15, 0.2) is 60.7 Å². The monoisotopic (exact) mass is 1410 g/mol. The maximum Gasteiger partial charge on any atom is 0.408 e. The molecule has 556 valence electrons. The summed E-state index contributed by atoms with van der Waals surface area (Å²) in [4.78, 5) is 186. The van der Waals surface area contributed by atoms with Crippen molar-refractivity contribution in [3.63, 3.8) is 0 Å². The van der Waals surface area contributed by atoms with Crippen LogP contribution in [0, 0.1) is 29.1 Å². The largest absolute Gasteiger partial charge is 0.453 e. The predicted octanol–water partition coefficient (Wildman–Crippen LogP) is -3.46. The molecule has 1 aliphatic rings. The minimum Gasteiger partial charge on any atom is -0.453 e. The lowest BCUT2D eigenvalue weighted by atomic mass is 9.95. The van der Waals surface area contributed by atoms with Gasteiger partial charge >= 0.3 is 12.1 Å². The number of aliphatic hydroxyl groups is 4. The SMILES string of the molecule is CC[C@H](C)[C@@H]1NC(=O)[C@@H](CCCNC(=N)N)NC(=O)[C@H](CC(C)C)NC(=O)[C@H]([C@H](O)C(C)C)NC(=O)[C@@H](NC(=O)[C@H](Cc2ccccc2)NC(=O)[C@@H](CC(C)C)NC(=O)OC(C)(C)C)[C@@H](c2ccccc2)OC(=O)[C@H](CO)NC(=O)[C@H]([C@H](O)C(N)=O)NC(=O)CNC(=O)C([C@H](C)O)NC1=O. The standard InChI is InChI=1S/C66H103N15O19/c1-13-35(8)45-59(93)79-46(36(9)83)58(92)71-30-44(84)77-48(51(86)53(67)87)61(95)75-43(31-82)63(97)99-52(38-23-18-15-19-24-38)49(81-57(91)42(29-37-21-16-14-17-22-37)73-56(90)41(28-33(4)5)76-65(98)100-66(10,11)12)62(96)80-47(50(85)34(6)7)60(94)74-40(27-32(2)3)55(89)72-39(54(88)78-45)25-20-26-70-64(68)69/h14-19,21-24,32-36,39-43,45-52,82-83,85-86H,13,20,25-31H2,1-12H3,(H2,67,87)(H,71,92)(H,72,89)(H,73,90)(H,74,94)(H,75,95)(H,76,98)(H,77,84)(H,78,88)(H,79,93)(H,80,96)(H,81,91)(H4,68,69,70)/t35-,36-,39+,40-,41+,42-,43-,45-,46?,47-,48-,49-,50+,51-,52+/m0/s1. The van der Waals surface area contributed by atoms with Gasteiger partial charge in [0.25, 0.3) is 0 Å². The second-order valence-corrected chi connectivity index (χ2v) is 26.7. The van der Waals surface area contributed by atoms with Crippen LogP contribution >= 0.6 is 0 Å². The number of benzene rings is 2. The lowest BCUT2D eigenvalue weighted by Gasteiger charge is -2.33. The topological polar surface area (TPSA) is 542 Å². The van der Waals surface area contributed by atoms with Crippen LogP contribution in [-0.4, -0.2) is 207 Å². The first kappa shape index (κ1) is 84.7. The van der Waals surface area contributed by atoms with Gasteiger partial charge in [-0.15, -0.1) is 0 Å². The quantitative estimate of drug-likeness (QED) is 0.0210. The maximum absolute atomic E-state index is 15.7. The van der Waals surface area contributed by atoms with E-state index in [1.807, 2.05) is 10.6 Å². The normalized spacial score (nSPS) is 23.4. The molecule has 34 heteroatoms. The Hall–Kier alpha value is -9.54. The van der Waals surface area contributed by atoms with Gasteiger partial charge in [0.05, 0.1) is 25.4 Å². The Labute approximate surface area is 581 Å². The second kappa shape index (κ2) is 40.5. The molecule has 0 bridgehead atoms. The molecule has 2 aromatic rings. The van der Waals surface area contributed by atoms with Crippen LogP contribution in [0.3, 0.4) is 0 Å². The minimum absolute atomic E-state index is 0.00409. The number of amides is 12. The number of guanidine groups is 1. The van der Waals surface area contributed by atoms with E-state index in [1.165, 1.54) is 44.2 Å². The number of rotatable bonds is 24. The lowest BCUT2D eigenvalue weighted by molar-refractivity contribution is -0.159. The number of carbonyl (C=O) groups is 13. The average molecular weight is 1410 g/mol. The number of ether oxygens (including phenoxy) is 2. The third kappa shape index (κ3) is 28.0. The van der Waals surface area contributed by atoms with Gasteiger partial charge in [0.2, 0.25) is 65.0 Å². The van der Waals surface area contributed by atoms with Crippen molar-refractivity contribution in [3.05, 3.63) is 71.8 Å². The molecule has 1 unspecified atom stereocenters. The predicted molar refractivity (Wildman–Crippen MR) is 361 cm³/mol. The summed E-state index contributed by atoms with van der Waals surface area (Å²) in [5.74, 6) is -17.9. The van der Waals surface area contributed by atoms with E-state index in [4.69, 9.17) is 26.4 Å². The first-order valence-corrected chi connectivity index (χ1v) is 33.1. The number of aliphatic hydroxyl groups excluding tert-OH is 4. The highest BCUT2D eigenvalue weighted by molar-refractivity contribution is 6.00. The summed E-state index contributed by atoms with van der Waals surface area (Å²) in [6, 6.07) is -3.57. The molecule has 15 atom stereocenters. The number of primary amides is 1. The zero-order chi connectivity index (χ0) is 75.5. The van der Waals surface area contributed by atoms with E-state index < -0.39 is 204 Å². The molecule has 100 heavy (non-hydrogen) atoms. The molecule has 1 fully saturated rings. The number of nitrogens with two attached hydrogens (primary N) is 2. The lowest BCUT2D eigenvalue weighted by Crippen LogP contribution is -2.64. The van der Waals surface area contributed by atoms with Crippen molar-refractivity contribution in [1.82, 2.24) is 63.8 Å². The Morgan fingerprint density at radius 3 is 1.74 bits per heavy atom. The fourth-order valence-corrected chi connectivity index (χ4v) is 10.2. The van der Waals surface area contributed by atoms with Crippen LogP contribution in [-0.2, 0) is 73.4 Å². The highest BCUT2D eigenvalue weighted by atomic mass is 16.6. The summed E-state index contributed by atoms with van der Waals surface area (Å²) in [5.41, 5.74) is 10.2. The molecule has 0 aliphatic carbocycles. The van der Waals surface area contributed by atoms with Crippen LogP contribution in [0.25, 0.3) is 0 Å². The van der Waals surface area contributed by atoms with Crippen molar-refractivity contribution in [1.29, 1.82) is 5.41 Å². The van der Waals surface area contributed by atoms with Crippen LogP contribution in [0.5, 0.6) is 0 Å².